The maximum Gasteiger partial charge on any atom is 0.325 e. The molecule has 6 nitrogen and oxygen atoms in total. The van der Waals surface area contributed by atoms with E-state index in [2.05, 4.69) is 5.32 Å². The number of hydrogen-bond acceptors (Lipinski definition) is 3. The molecule has 1 N–H and O–H groups in total. The molecule has 2 saturated heterocycles. The zero-order valence-corrected chi connectivity index (χ0v) is 16.5. The van der Waals surface area contributed by atoms with Crippen LogP contribution in [-0.4, -0.2) is 46.3 Å². The average molecular weight is 413 g/mol. The standard InChI is InChI=1S/C22H21F2N3O3/c1-14-2-4-15(5-3-14)13-27-20(29)22(25-21(27)30)8-10-26(11-9-22)19(28)17-12-16(23)6-7-18(17)24/h2-7,12H,8-11,13H2,1H3,(H,25,30). The van der Waals surface area contributed by atoms with Gasteiger partial charge < -0.3 is 10.2 Å². The Labute approximate surface area is 172 Å². The predicted octanol–water partition coefficient (Wildman–Crippen LogP) is 3.00. The predicted molar refractivity (Wildman–Crippen MR) is 104 cm³/mol. The van der Waals surface area contributed by atoms with Crippen LogP contribution in [0.5, 0.6) is 0 Å². The van der Waals surface area contributed by atoms with Crippen LogP contribution in [0, 0.1) is 18.6 Å². The van der Waals surface area contributed by atoms with Gasteiger partial charge in [0, 0.05) is 13.1 Å². The number of piperidine rings is 1. The van der Waals surface area contributed by atoms with Crippen molar-refractivity contribution in [3.8, 4) is 0 Å². The Kier molecular flexibility index (Phi) is 5.01. The van der Waals surface area contributed by atoms with Gasteiger partial charge in [0.05, 0.1) is 12.1 Å². The topological polar surface area (TPSA) is 69.7 Å². The molecule has 1 spiro atoms. The fraction of sp³-hybridized carbons (Fsp3) is 0.318. The maximum atomic E-state index is 13.9. The van der Waals surface area contributed by atoms with Crippen molar-refractivity contribution in [2.75, 3.05) is 13.1 Å². The van der Waals surface area contributed by atoms with Crippen molar-refractivity contribution >= 4 is 17.8 Å². The van der Waals surface area contributed by atoms with Gasteiger partial charge in [0.1, 0.15) is 17.2 Å². The number of rotatable bonds is 3. The van der Waals surface area contributed by atoms with Gasteiger partial charge >= 0.3 is 6.03 Å². The van der Waals surface area contributed by atoms with Crippen LogP contribution < -0.4 is 5.32 Å². The molecule has 4 amide bonds. The molecule has 2 fully saturated rings. The third-order valence-corrected chi connectivity index (χ3v) is 5.77. The molecule has 156 valence electrons. The molecule has 4 rings (SSSR count). The second kappa shape index (κ2) is 7.51. The Morgan fingerprint density at radius 1 is 1.07 bits per heavy atom. The molecule has 2 aromatic carbocycles. The summed E-state index contributed by atoms with van der Waals surface area (Å²) in [4.78, 5) is 40.7. The molecule has 0 atom stereocenters. The third kappa shape index (κ3) is 3.53. The summed E-state index contributed by atoms with van der Waals surface area (Å²) in [6, 6.07) is 9.85. The Morgan fingerprint density at radius 3 is 2.40 bits per heavy atom. The van der Waals surface area contributed by atoms with Crippen molar-refractivity contribution in [2.45, 2.75) is 31.8 Å². The lowest BCUT2D eigenvalue weighted by molar-refractivity contribution is -0.133. The molecule has 2 aromatic rings. The number of halogens is 2. The van der Waals surface area contributed by atoms with E-state index in [9.17, 15) is 23.2 Å². The van der Waals surface area contributed by atoms with Crippen LogP contribution in [0.1, 0.15) is 34.3 Å². The van der Waals surface area contributed by atoms with E-state index >= 15 is 0 Å². The zero-order chi connectivity index (χ0) is 21.5. The smallest absolute Gasteiger partial charge is 0.325 e. The second-order valence-corrected chi connectivity index (χ2v) is 7.81. The van der Waals surface area contributed by atoms with E-state index in [1.807, 2.05) is 31.2 Å². The monoisotopic (exact) mass is 413 g/mol. The Balaban J connectivity index is 1.45. The summed E-state index contributed by atoms with van der Waals surface area (Å²) in [7, 11) is 0. The largest absolute Gasteiger partial charge is 0.338 e. The van der Waals surface area contributed by atoms with Gasteiger partial charge in [0.15, 0.2) is 0 Å². The van der Waals surface area contributed by atoms with E-state index in [-0.39, 0.29) is 43.9 Å². The zero-order valence-electron chi connectivity index (χ0n) is 16.5. The highest BCUT2D eigenvalue weighted by atomic mass is 19.1. The first-order chi connectivity index (χ1) is 14.3. The van der Waals surface area contributed by atoms with E-state index in [4.69, 9.17) is 0 Å². The minimum Gasteiger partial charge on any atom is -0.338 e. The van der Waals surface area contributed by atoms with Gasteiger partial charge in [-0.3, -0.25) is 14.5 Å². The minimum absolute atomic E-state index is 0.152. The molecular formula is C22H21F2N3O3. The van der Waals surface area contributed by atoms with Crippen molar-refractivity contribution in [1.82, 2.24) is 15.1 Å². The summed E-state index contributed by atoms with van der Waals surface area (Å²) in [6.07, 6.45) is 0.426. The van der Waals surface area contributed by atoms with E-state index < -0.39 is 29.1 Å². The molecule has 2 heterocycles. The van der Waals surface area contributed by atoms with Crippen LogP contribution in [-0.2, 0) is 11.3 Å². The number of benzene rings is 2. The fourth-order valence-corrected chi connectivity index (χ4v) is 3.96. The van der Waals surface area contributed by atoms with Crippen molar-refractivity contribution in [3.63, 3.8) is 0 Å². The van der Waals surface area contributed by atoms with Gasteiger partial charge in [-0.25, -0.2) is 13.6 Å². The molecule has 0 saturated carbocycles. The number of amides is 4. The van der Waals surface area contributed by atoms with Crippen molar-refractivity contribution in [2.24, 2.45) is 0 Å². The Hall–Kier alpha value is -3.29. The first kappa shape index (κ1) is 20.0. The van der Waals surface area contributed by atoms with E-state index in [1.54, 1.807) is 0 Å². The average Bonchev–Trinajstić information content (AvgIpc) is 2.95. The third-order valence-electron chi connectivity index (χ3n) is 5.77. The van der Waals surface area contributed by atoms with Gasteiger partial charge in [-0.15, -0.1) is 0 Å². The van der Waals surface area contributed by atoms with E-state index in [1.165, 1.54) is 9.80 Å². The molecule has 0 aromatic heterocycles. The highest BCUT2D eigenvalue weighted by Gasteiger charge is 2.52. The van der Waals surface area contributed by atoms with Crippen LogP contribution in [0.25, 0.3) is 0 Å². The summed E-state index contributed by atoms with van der Waals surface area (Å²) < 4.78 is 27.4. The molecule has 0 unspecified atom stereocenters. The number of likely N-dealkylation sites (tertiary alicyclic amines) is 1. The van der Waals surface area contributed by atoms with Crippen molar-refractivity contribution in [3.05, 3.63) is 70.8 Å². The molecule has 2 aliphatic heterocycles. The summed E-state index contributed by atoms with van der Waals surface area (Å²) >= 11 is 0. The Bertz CT molecular complexity index is 1010. The number of carbonyl (C=O) groups is 3. The van der Waals surface area contributed by atoms with E-state index in [0.717, 1.165) is 29.3 Å². The first-order valence-electron chi connectivity index (χ1n) is 9.73. The molecule has 2 aliphatic rings. The van der Waals surface area contributed by atoms with Gasteiger partial charge in [0.2, 0.25) is 0 Å². The summed E-state index contributed by atoms with van der Waals surface area (Å²) in [5.74, 6) is -2.44. The number of nitrogens with zero attached hydrogens (tertiary/aromatic N) is 2. The molecule has 0 aliphatic carbocycles. The first-order valence-corrected chi connectivity index (χ1v) is 9.73. The molecule has 8 heteroatoms. The lowest BCUT2D eigenvalue weighted by Crippen LogP contribution is -2.55. The number of aryl methyl sites for hydroxylation is 1. The van der Waals surface area contributed by atoms with Crippen LogP contribution >= 0.6 is 0 Å². The van der Waals surface area contributed by atoms with Crippen LogP contribution in [0.15, 0.2) is 42.5 Å². The maximum absolute atomic E-state index is 13.9. The summed E-state index contributed by atoms with van der Waals surface area (Å²) in [6.45, 7) is 2.43. The molecule has 0 radical (unpaired) electrons. The van der Waals surface area contributed by atoms with Crippen LogP contribution in [0.3, 0.4) is 0 Å². The number of imide groups is 1. The lowest BCUT2D eigenvalue weighted by atomic mass is 9.87. The van der Waals surface area contributed by atoms with Gasteiger partial charge in [-0.1, -0.05) is 29.8 Å². The normalized spacial score (nSPS) is 18.1. The summed E-state index contributed by atoms with van der Waals surface area (Å²) in [5, 5.41) is 2.79. The molecule has 0 bridgehead atoms. The van der Waals surface area contributed by atoms with Crippen LogP contribution in [0.2, 0.25) is 0 Å². The quantitative estimate of drug-likeness (QED) is 0.787. The number of urea groups is 1. The second-order valence-electron chi connectivity index (χ2n) is 7.81. The Morgan fingerprint density at radius 2 is 1.73 bits per heavy atom. The van der Waals surface area contributed by atoms with Gasteiger partial charge in [-0.05, 0) is 43.5 Å². The number of carbonyl (C=O) groups excluding carboxylic acids is 3. The van der Waals surface area contributed by atoms with Crippen molar-refractivity contribution in [1.29, 1.82) is 0 Å². The SMILES string of the molecule is Cc1ccc(CN2C(=O)NC3(CCN(C(=O)c4cc(F)ccc4F)CC3)C2=O)cc1. The molecule has 30 heavy (non-hydrogen) atoms. The highest BCUT2D eigenvalue weighted by molar-refractivity contribution is 6.07. The highest BCUT2D eigenvalue weighted by Crippen LogP contribution is 2.31. The number of hydrogen-bond donors (Lipinski definition) is 1. The fourth-order valence-electron chi connectivity index (χ4n) is 3.96. The lowest BCUT2D eigenvalue weighted by Gasteiger charge is -2.37. The number of nitrogens with one attached hydrogen (secondary N) is 1. The van der Waals surface area contributed by atoms with E-state index in [0.29, 0.717) is 0 Å². The van der Waals surface area contributed by atoms with Crippen molar-refractivity contribution < 1.29 is 23.2 Å². The minimum atomic E-state index is -1.07. The van der Waals surface area contributed by atoms with Crippen LogP contribution in [0.4, 0.5) is 13.6 Å². The molecular weight excluding hydrogens is 392 g/mol. The van der Waals surface area contributed by atoms with Gasteiger partial charge in [-0.2, -0.15) is 0 Å². The summed E-state index contributed by atoms with van der Waals surface area (Å²) in [5.41, 5.74) is 0.516. The van der Waals surface area contributed by atoms with Gasteiger partial charge in [0.25, 0.3) is 11.8 Å².